The third-order valence-electron chi connectivity index (χ3n) is 6.43. The van der Waals surface area contributed by atoms with E-state index in [4.69, 9.17) is 16.4 Å². The van der Waals surface area contributed by atoms with Gasteiger partial charge in [0.2, 0.25) is 0 Å². The van der Waals surface area contributed by atoms with Crippen LogP contribution < -0.4 is 4.65 Å². The Balaban J connectivity index is 1.63. The van der Waals surface area contributed by atoms with Gasteiger partial charge >= 0.3 is 18.1 Å². The van der Waals surface area contributed by atoms with E-state index in [0.717, 1.165) is 5.39 Å². The van der Waals surface area contributed by atoms with Gasteiger partial charge in [0.05, 0.1) is 6.54 Å². The van der Waals surface area contributed by atoms with Crippen LogP contribution in [0.4, 0.5) is 18.9 Å². The highest BCUT2D eigenvalue weighted by atomic mass is 35.5. The predicted molar refractivity (Wildman–Crippen MR) is 137 cm³/mol. The summed E-state index contributed by atoms with van der Waals surface area (Å²) in [4.78, 5) is 49.9. The molecule has 39 heavy (non-hydrogen) atoms. The summed E-state index contributed by atoms with van der Waals surface area (Å²) in [6.45, 7) is -1.16. The molecule has 2 amide bonds. The number of benzene rings is 3. The number of hydroxylamine groups is 2. The van der Waals surface area contributed by atoms with Gasteiger partial charge in [-0.25, -0.2) is 9.59 Å². The molecule has 198 valence electrons. The number of amides is 2. The molecule has 1 unspecified atom stereocenters. The monoisotopic (exact) mass is 554 g/mol. The molecular weight excluding hydrogens is 535 g/mol. The molecule has 1 aliphatic heterocycles. The lowest BCUT2D eigenvalue weighted by atomic mass is 10.1. The van der Waals surface area contributed by atoms with E-state index < -0.39 is 41.7 Å². The number of pyridine rings is 1. The maximum Gasteiger partial charge on any atom is 0.497 e. The van der Waals surface area contributed by atoms with Crippen molar-refractivity contribution in [3.8, 4) is 0 Å². The summed E-state index contributed by atoms with van der Waals surface area (Å²) in [6, 6.07) is 19.0. The first-order chi connectivity index (χ1) is 18.6. The minimum absolute atomic E-state index is 0.0257. The molecule has 0 N–H and O–H groups in total. The molecule has 0 radical (unpaired) electrons. The molecule has 5 rings (SSSR count). The van der Waals surface area contributed by atoms with Gasteiger partial charge in [0, 0.05) is 45.6 Å². The van der Waals surface area contributed by atoms with Crippen molar-refractivity contribution in [2.75, 3.05) is 6.54 Å². The van der Waals surface area contributed by atoms with Crippen LogP contribution in [0.3, 0.4) is 0 Å². The first-order valence-electron chi connectivity index (χ1n) is 11.7. The normalized spacial score (nSPS) is 17.4. The summed E-state index contributed by atoms with van der Waals surface area (Å²) in [6.07, 6.45) is -2.18. The van der Waals surface area contributed by atoms with Crippen LogP contribution in [0.1, 0.15) is 21.5 Å². The summed E-state index contributed by atoms with van der Waals surface area (Å²) < 4.78 is 39.1. The van der Waals surface area contributed by atoms with E-state index in [2.05, 4.69) is 4.98 Å². The fourth-order valence-electron chi connectivity index (χ4n) is 4.58. The molecule has 0 bridgehead atoms. The molecular formula is C28H20ClF3N3O4+. The van der Waals surface area contributed by atoms with Gasteiger partial charge in [-0.15, -0.1) is 0 Å². The number of carbonyl (C=O) groups is 3. The van der Waals surface area contributed by atoms with Crippen LogP contribution >= 0.6 is 11.6 Å². The molecule has 7 nitrogen and oxygen atoms in total. The standard InChI is InChI=1S/C28H20ClF3N3O4/c29-23-9-7-20(8-10-23)26(37)34-15-21-3-1-2-4-24(21)35(25(36)16-34,39-27(38)28(30,31)32)17-18-5-6-19-11-12-33-14-22(19)13-18/h1-14H,15-17H2/q+1. The molecule has 11 heteroatoms. The molecule has 3 aromatic carbocycles. The number of rotatable bonds is 4. The molecule has 0 saturated heterocycles. The largest absolute Gasteiger partial charge is 0.497 e. The van der Waals surface area contributed by atoms with E-state index in [0.29, 0.717) is 21.5 Å². The highest BCUT2D eigenvalue weighted by molar-refractivity contribution is 6.30. The number of nitrogens with zero attached hydrogens (tertiary/aromatic N) is 3. The molecule has 0 aliphatic carbocycles. The van der Waals surface area contributed by atoms with Crippen LogP contribution in [-0.4, -0.2) is 40.4 Å². The topological polar surface area (TPSA) is 76.6 Å². The third kappa shape index (κ3) is 5.21. The fourth-order valence-corrected chi connectivity index (χ4v) is 4.70. The SMILES string of the molecule is O=C(c1ccc(Cl)cc1)N1CC(=O)[N+](Cc2ccc3ccncc3c2)(OC(=O)C(F)(F)F)c2ccccc2C1. The Bertz CT molecular complexity index is 1590. The van der Waals surface area contributed by atoms with E-state index >= 15 is 0 Å². The Morgan fingerprint density at radius 3 is 2.46 bits per heavy atom. The van der Waals surface area contributed by atoms with Crippen LogP contribution in [0.2, 0.25) is 5.02 Å². The second-order valence-corrected chi connectivity index (χ2v) is 9.46. The fraction of sp³-hybridized carbons (Fsp3) is 0.143. The summed E-state index contributed by atoms with van der Waals surface area (Å²) in [5, 5.41) is 1.92. The minimum Gasteiger partial charge on any atom is -0.320 e. The Morgan fingerprint density at radius 2 is 1.72 bits per heavy atom. The van der Waals surface area contributed by atoms with Crippen LogP contribution in [0, 0.1) is 0 Å². The Kier molecular flexibility index (Phi) is 6.83. The van der Waals surface area contributed by atoms with Crippen molar-refractivity contribution in [2.45, 2.75) is 19.3 Å². The van der Waals surface area contributed by atoms with E-state index in [-0.39, 0.29) is 17.8 Å². The second kappa shape index (κ2) is 10.1. The molecule has 1 atom stereocenters. The maximum absolute atomic E-state index is 13.9. The van der Waals surface area contributed by atoms with Gasteiger partial charge < -0.3 is 4.90 Å². The Morgan fingerprint density at radius 1 is 0.974 bits per heavy atom. The molecule has 0 spiro atoms. The van der Waals surface area contributed by atoms with Gasteiger partial charge in [-0.3, -0.25) is 14.6 Å². The number of aromatic nitrogens is 1. The van der Waals surface area contributed by atoms with Crippen molar-refractivity contribution < 1.29 is 32.4 Å². The van der Waals surface area contributed by atoms with Crippen LogP contribution in [0.25, 0.3) is 10.8 Å². The summed E-state index contributed by atoms with van der Waals surface area (Å²) in [5.74, 6) is -3.98. The highest BCUT2D eigenvalue weighted by Gasteiger charge is 2.55. The molecule has 1 aromatic heterocycles. The zero-order valence-electron chi connectivity index (χ0n) is 20.2. The van der Waals surface area contributed by atoms with Gasteiger partial charge in [0.25, 0.3) is 5.91 Å². The van der Waals surface area contributed by atoms with Crippen LogP contribution in [0.15, 0.2) is 85.2 Å². The molecule has 2 heterocycles. The number of fused-ring (bicyclic) bond motifs is 2. The first kappa shape index (κ1) is 26.3. The average Bonchev–Trinajstić information content (AvgIpc) is 3.03. The van der Waals surface area contributed by atoms with Crippen molar-refractivity contribution >= 4 is 45.8 Å². The van der Waals surface area contributed by atoms with Gasteiger partial charge in [-0.1, -0.05) is 41.9 Å². The van der Waals surface area contributed by atoms with Gasteiger partial charge in [-0.05, 0) is 46.4 Å². The van der Waals surface area contributed by atoms with Crippen molar-refractivity contribution in [3.05, 3.63) is 107 Å². The van der Waals surface area contributed by atoms with Gasteiger partial charge in [0.1, 0.15) is 6.54 Å². The summed E-state index contributed by atoms with van der Waals surface area (Å²) >= 11 is 5.93. The molecule has 1 aliphatic rings. The van der Waals surface area contributed by atoms with Crippen molar-refractivity contribution in [1.29, 1.82) is 0 Å². The average molecular weight is 555 g/mol. The summed E-state index contributed by atoms with van der Waals surface area (Å²) in [7, 11) is 0. The number of hydrogen-bond acceptors (Lipinski definition) is 5. The number of carbonyl (C=O) groups excluding carboxylic acids is 3. The quantitative estimate of drug-likeness (QED) is 0.307. The van der Waals surface area contributed by atoms with Crippen molar-refractivity contribution in [2.24, 2.45) is 0 Å². The lowest BCUT2D eigenvalue weighted by Crippen LogP contribution is -2.58. The lowest BCUT2D eigenvalue weighted by Gasteiger charge is -2.31. The number of alkyl halides is 3. The van der Waals surface area contributed by atoms with Crippen LogP contribution in [0.5, 0.6) is 0 Å². The number of hydrogen-bond donors (Lipinski definition) is 0. The van der Waals surface area contributed by atoms with Crippen molar-refractivity contribution in [1.82, 2.24) is 14.5 Å². The Labute approximate surface area is 225 Å². The number of para-hydroxylation sites is 1. The van der Waals surface area contributed by atoms with Crippen LogP contribution in [-0.2, 0) is 27.5 Å². The minimum atomic E-state index is -5.36. The number of halogens is 4. The van der Waals surface area contributed by atoms with E-state index in [1.54, 1.807) is 48.8 Å². The predicted octanol–water partition coefficient (Wildman–Crippen LogP) is 5.60. The lowest BCUT2D eigenvalue weighted by molar-refractivity contribution is -0.235. The number of quaternary nitrogens is 1. The molecule has 0 saturated carbocycles. The molecule has 0 fully saturated rings. The van der Waals surface area contributed by atoms with E-state index in [1.165, 1.54) is 41.3 Å². The first-order valence-corrected chi connectivity index (χ1v) is 12.1. The zero-order valence-corrected chi connectivity index (χ0v) is 20.9. The highest BCUT2D eigenvalue weighted by Crippen LogP contribution is 2.37. The van der Waals surface area contributed by atoms with Crippen molar-refractivity contribution in [3.63, 3.8) is 0 Å². The smallest absolute Gasteiger partial charge is 0.320 e. The van der Waals surface area contributed by atoms with Gasteiger partial charge in [0.15, 0.2) is 12.2 Å². The van der Waals surface area contributed by atoms with E-state index in [9.17, 15) is 27.6 Å². The summed E-state index contributed by atoms with van der Waals surface area (Å²) in [5.41, 5.74) is 1.03. The van der Waals surface area contributed by atoms with E-state index in [1.807, 2.05) is 0 Å². The second-order valence-electron chi connectivity index (χ2n) is 9.02. The third-order valence-corrected chi connectivity index (χ3v) is 6.68. The van der Waals surface area contributed by atoms with Gasteiger partial charge in [-0.2, -0.15) is 13.2 Å². The maximum atomic E-state index is 13.9. The Hall–Kier alpha value is -4.28. The zero-order chi connectivity index (χ0) is 27.8. The molecule has 4 aromatic rings.